The second-order valence-electron chi connectivity index (χ2n) is 7.45. The molecule has 0 bridgehead atoms. The molecule has 7 nitrogen and oxygen atoms in total. The molecule has 0 aliphatic heterocycles. The molecule has 0 saturated heterocycles. The van der Waals surface area contributed by atoms with Crippen LogP contribution in [0.25, 0.3) is 22.2 Å². The van der Waals surface area contributed by atoms with Crippen molar-refractivity contribution in [3.8, 4) is 11.1 Å². The number of anilines is 1. The minimum Gasteiger partial charge on any atom is -0.395 e. The van der Waals surface area contributed by atoms with Crippen LogP contribution in [0.2, 0.25) is 5.02 Å². The van der Waals surface area contributed by atoms with Crippen LogP contribution in [0.1, 0.15) is 5.56 Å². The highest BCUT2D eigenvalue weighted by molar-refractivity contribution is 6.30. The predicted octanol–water partition coefficient (Wildman–Crippen LogP) is 2.27. The number of aromatic nitrogens is 3. The van der Waals surface area contributed by atoms with Crippen molar-refractivity contribution in [1.82, 2.24) is 14.5 Å². The fourth-order valence-corrected chi connectivity index (χ4v) is 3.94. The number of nitrogens with zero attached hydrogens (tertiary/aromatic N) is 3. The molecule has 4 rings (SSSR count). The average molecular weight is 457 g/mol. The molecule has 9 heteroatoms. The number of nitrogens with one attached hydrogen (secondary N) is 1. The van der Waals surface area contributed by atoms with Crippen LogP contribution in [0.5, 0.6) is 0 Å². The maximum absolute atomic E-state index is 14.2. The molecule has 0 amide bonds. The van der Waals surface area contributed by atoms with Gasteiger partial charge >= 0.3 is 0 Å². The highest BCUT2D eigenvalue weighted by Crippen LogP contribution is 2.29. The normalized spacial score (nSPS) is 11.2. The Hall–Kier alpha value is -3.20. The first kappa shape index (κ1) is 22.0. The van der Waals surface area contributed by atoms with Gasteiger partial charge in [0.15, 0.2) is 0 Å². The number of aromatic amines is 1. The average Bonchev–Trinajstić information content (AvgIpc) is 3.21. The Kier molecular flexibility index (Phi) is 6.55. The molecule has 0 spiro atoms. The first-order valence-electron chi connectivity index (χ1n) is 10.3. The van der Waals surface area contributed by atoms with Crippen LogP contribution in [-0.2, 0) is 6.54 Å². The zero-order valence-electron chi connectivity index (χ0n) is 17.4. The number of rotatable bonds is 8. The molecule has 166 valence electrons. The summed E-state index contributed by atoms with van der Waals surface area (Å²) in [4.78, 5) is 22.4. The van der Waals surface area contributed by atoms with E-state index in [1.54, 1.807) is 24.5 Å². The summed E-state index contributed by atoms with van der Waals surface area (Å²) in [5.41, 5.74) is 7.14. The third-order valence-corrected chi connectivity index (χ3v) is 5.65. The molecule has 0 fully saturated rings. The Bertz CT molecular complexity index is 1300. The van der Waals surface area contributed by atoms with Gasteiger partial charge in [-0.1, -0.05) is 23.7 Å². The van der Waals surface area contributed by atoms with E-state index in [-0.39, 0.29) is 23.7 Å². The van der Waals surface area contributed by atoms with Crippen molar-refractivity contribution in [3.63, 3.8) is 0 Å². The van der Waals surface area contributed by atoms with Gasteiger partial charge in [0.05, 0.1) is 43.1 Å². The molecule has 1 aromatic carbocycles. The standard InChI is InChI=1S/C23H23ClFN5O2/c24-20-3-1-2-16(22(20)25)14-30-6-4-15(10-21(30)32)19-13-28-23-18(19)11-17(12-27-23)29(7-5-26)8-9-31/h1-4,6,10-13,31H,5,7-9,14,26H2,(H,27,28)/p+1. The largest absolute Gasteiger partial charge is 0.395 e. The van der Waals surface area contributed by atoms with Gasteiger partial charge in [-0.2, -0.15) is 0 Å². The summed E-state index contributed by atoms with van der Waals surface area (Å²) in [6.45, 7) is 2.00. The molecule has 3 heterocycles. The molecule has 0 atom stereocenters. The third kappa shape index (κ3) is 4.38. The van der Waals surface area contributed by atoms with Crippen molar-refractivity contribution in [1.29, 1.82) is 0 Å². The van der Waals surface area contributed by atoms with E-state index in [2.05, 4.69) is 15.7 Å². The third-order valence-electron chi connectivity index (χ3n) is 5.36. The van der Waals surface area contributed by atoms with E-state index < -0.39 is 5.82 Å². The quantitative estimate of drug-likeness (QED) is 0.378. The van der Waals surface area contributed by atoms with Crippen molar-refractivity contribution >= 4 is 28.3 Å². The number of aliphatic hydroxyl groups excluding tert-OH is 1. The number of aliphatic hydroxyl groups is 1. The number of H-pyrrole nitrogens is 1. The van der Waals surface area contributed by atoms with Crippen LogP contribution in [0.15, 0.2) is 59.8 Å². The van der Waals surface area contributed by atoms with Crippen molar-refractivity contribution in [2.45, 2.75) is 6.54 Å². The number of hydrogen-bond acceptors (Lipinski definition) is 4. The molecule has 0 aliphatic rings. The van der Waals surface area contributed by atoms with Gasteiger partial charge in [-0.25, -0.2) is 9.37 Å². The minimum absolute atomic E-state index is 0.0309. The summed E-state index contributed by atoms with van der Waals surface area (Å²) in [6, 6.07) is 10.1. The fourth-order valence-electron chi connectivity index (χ4n) is 3.75. The molecule has 32 heavy (non-hydrogen) atoms. The second kappa shape index (κ2) is 9.52. The Morgan fingerprint density at radius 1 is 1.25 bits per heavy atom. The molecule has 0 aliphatic carbocycles. The minimum atomic E-state index is -0.518. The van der Waals surface area contributed by atoms with Crippen LogP contribution < -0.4 is 16.2 Å². The van der Waals surface area contributed by atoms with Crippen LogP contribution in [0.3, 0.4) is 0 Å². The first-order valence-corrected chi connectivity index (χ1v) is 10.7. The van der Waals surface area contributed by atoms with Gasteiger partial charge < -0.3 is 25.3 Å². The fraction of sp³-hybridized carbons (Fsp3) is 0.217. The number of halogens is 2. The van der Waals surface area contributed by atoms with Gasteiger partial charge in [-0.3, -0.25) is 4.79 Å². The van der Waals surface area contributed by atoms with E-state index in [0.717, 1.165) is 22.2 Å². The van der Waals surface area contributed by atoms with Gasteiger partial charge in [0.1, 0.15) is 11.5 Å². The summed E-state index contributed by atoms with van der Waals surface area (Å²) in [5.74, 6) is -0.518. The first-order chi connectivity index (χ1) is 15.5. The zero-order chi connectivity index (χ0) is 22.7. The number of pyridine rings is 2. The Labute approximate surface area is 188 Å². The molecule has 5 N–H and O–H groups in total. The highest BCUT2D eigenvalue weighted by Gasteiger charge is 2.13. The SMILES string of the molecule is [NH3+]CCN(CCO)c1cnc2[nH]cc(-c3ccn(Cc4cccc(Cl)c4F)c(=O)c3)c2c1. The van der Waals surface area contributed by atoms with Crippen LogP contribution in [0, 0.1) is 5.82 Å². The van der Waals surface area contributed by atoms with Crippen molar-refractivity contribution in [2.24, 2.45) is 0 Å². The van der Waals surface area contributed by atoms with Gasteiger partial charge in [-0.05, 0) is 23.8 Å². The Morgan fingerprint density at radius 2 is 2.09 bits per heavy atom. The van der Waals surface area contributed by atoms with E-state index in [9.17, 15) is 14.3 Å². The molecule has 4 aromatic rings. The number of hydrogen-bond donors (Lipinski definition) is 3. The lowest BCUT2D eigenvalue weighted by atomic mass is 10.1. The van der Waals surface area contributed by atoms with Gasteiger partial charge in [0, 0.05) is 41.5 Å². The smallest absolute Gasteiger partial charge is 0.251 e. The lowest BCUT2D eigenvalue weighted by Crippen LogP contribution is -2.55. The topological polar surface area (TPSA) is 102 Å². The Morgan fingerprint density at radius 3 is 2.84 bits per heavy atom. The summed E-state index contributed by atoms with van der Waals surface area (Å²) >= 11 is 5.85. The van der Waals surface area contributed by atoms with E-state index in [1.165, 1.54) is 16.7 Å². The van der Waals surface area contributed by atoms with Crippen molar-refractivity contribution in [3.05, 3.63) is 81.7 Å². The van der Waals surface area contributed by atoms with Crippen LogP contribution >= 0.6 is 11.6 Å². The lowest BCUT2D eigenvalue weighted by Gasteiger charge is -2.22. The summed E-state index contributed by atoms with van der Waals surface area (Å²) in [7, 11) is 0. The number of quaternary nitrogens is 1. The van der Waals surface area contributed by atoms with Crippen molar-refractivity contribution in [2.75, 3.05) is 31.1 Å². The number of fused-ring (bicyclic) bond motifs is 1. The maximum atomic E-state index is 14.2. The van der Waals surface area contributed by atoms with Crippen molar-refractivity contribution < 1.29 is 15.2 Å². The highest BCUT2D eigenvalue weighted by atomic mass is 35.5. The van der Waals surface area contributed by atoms with E-state index in [1.807, 2.05) is 23.2 Å². The maximum Gasteiger partial charge on any atom is 0.251 e. The van der Waals surface area contributed by atoms with Gasteiger partial charge in [0.25, 0.3) is 5.56 Å². The molecule has 0 unspecified atom stereocenters. The number of benzene rings is 1. The lowest BCUT2D eigenvalue weighted by molar-refractivity contribution is -0.363. The summed E-state index contributed by atoms with van der Waals surface area (Å²) < 4.78 is 15.7. The Balaban J connectivity index is 1.68. The second-order valence-corrected chi connectivity index (χ2v) is 7.86. The zero-order valence-corrected chi connectivity index (χ0v) is 18.1. The van der Waals surface area contributed by atoms with Crippen LogP contribution in [-0.4, -0.2) is 45.9 Å². The van der Waals surface area contributed by atoms with E-state index >= 15 is 0 Å². The molecule has 0 radical (unpaired) electrons. The molecule has 0 saturated carbocycles. The summed E-state index contributed by atoms with van der Waals surface area (Å²) in [5, 5.41) is 10.3. The van der Waals surface area contributed by atoms with Crippen LogP contribution in [0.4, 0.5) is 10.1 Å². The molecule has 3 aromatic heterocycles. The monoisotopic (exact) mass is 456 g/mol. The van der Waals surface area contributed by atoms with Gasteiger partial charge in [-0.15, -0.1) is 0 Å². The van der Waals surface area contributed by atoms with E-state index in [0.29, 0.717) is 30.8 Å². The van der Waals surface area contributed by atoms with Gasteiger partial charge in [0.2, 0.25) is 0 Å². The molecular formula is C23H24ClFN5O2+. The summed E-state index contributed by atoms with van der Waals surface area (Å²) in [6.07, 6.45) is 5.22. The predicted molar refractivity (Wildman–Crippen MR) is 123 cm³/mol. The van der Waals surface area contributed by atoms with E-state index in [4.69, 9.17) is 11.6 Å². The molecular weight excluding hydrogens is 433 g/mol.